The first-order valence-corrected chi connectivity index (χ1v) is 5.52. The van der Waals surface area contributed by atoms with Gasteiger partial charge in [0.2, 0.25) is 0 Å². The summed E-state index contributed by atoms with van der Waals surface area (Å²) in [4.78, 5) is 11.2. The van der Waals surface area contributed by atoms with E-state index in [0.29, 0.717) is 12.4 Å². The molecule has 1 fully saturated rings. The van der Waals surface area contributed by atoms with Crippen LogP contribution in [0.3, 0.4) is 0 Å². The van der Waals surface area contributed by atoms with Crippen LogP contribution in [0, 0.1) is 0 Å². The van der Waals surface area contributed by atoms with Crippen molar-refractivity contribution in [1.29, 1.82) is 0 Å². The Hall–Kier alpha value is -0.260. The topological polar surface area (TPSA) is 61.6 Å². The Labute approximate surface area is 89.5 Å². The lowest BCUT2D eigenvalue weighted by atomic mass is 10.1. The minimum atomic E-state index is -0.623. The number of carbonyl (C=O) groups is 1. The van der Waals surface area contributed by atoms with Crippen LogP contribution in [0.1, 0.15) is 19.3 Å². The zero-order chi connectivity index (χ0) is 10.4. The molecular formula is C9H17NO3S. The third-order valence-electron chi connectivity index (χ3n) is 2.18. The summed E-state index contributed by atoms with van der Waals surface area (Å²) in [5.41, 5.74) is 5.44. The van der Waals surface area contributed by atoms with E-state index in [1.165, 1.54) is 0 Å². The highest BCUT2D eigenvalue weighted by atomic mass is 32.1. The van der Waals surface area contributed by atoms with Gasteiger partial charge in [0.1, 0.15) is 12.6 Å². The van der Waals surface area contributed by atoms with Crippen molar-refractivity contribution < 1.29 is 14.3 Å². The Bertz CT molecular complexity index is 183. The molecule has 2 N–H and O–H groups in total. The van der Waals surface area contributed by atoms with Crippen molar-refractivity contribution in [3.05, 3.63) is 0 Å². The van der Waals surface area contributed by atoms with Gasteiger partial charge in [-0.05, 0) is 19.3 Å². The molecule has 0 amide bonds. The predicted molar refractivity (Wildman–Crippen MR) is 56.4 cm³/mol. The second-order valence-corrected chi connectivity index (χ2v) is 3.77. The fraction of sp³-hybridized carbons (Fsp3) is 0.889. The maximum atomic E-state index is 11.2. The largest absolute Gasteiger partial charge is 0.462 e. The van der Waals surface area contributed by atoms with Crippen LogP contribution in [0.25, 0.3) is 0 Å². The lowest BCUT2D eigenvalue weighted by Gasteiger charge is -2.22. The molecule has 1 aliphatic heterocycles. The molecule has 14 heavy (non-hydrogen) atoms. The number of carbonyl (C=O) groups excluding carboxylic acids is 1. The lowest BCUT2D eigenvalue weighted by Crippen LogP contribution is -2.36. The number of thiol groups is 1. The molecule has 5 heteroatoms. The molecule has 0 spiro atoms. The normalized spacial score (nSPS) is 24.3. The third kappa shape index (κ3) is 3.86. The van der Waals surface area contributed by atoms with E-state index < -0.39 is 12.0 Å². The van der Waals surface area contributed by atoms with Crippen LogP contribution in [0.2, 0.25) is 0 Å². The molecule has 2 atom stereocenters. The van der Waals surface area contributed by atoms with Gasteiger partial charge in [-0.1, -0.05) is 0 Å². The van der Waals surface area contributed by atoms with E-state index in [9.17, 15) is 4.79 Å². The number of ether oxygens (including phenoxy) is 2. The average molecular weight is 219 g/mol. The van der Waals surface area contributed by atoms with Crippen LogP contribution >= 0.6 is 12.6 Å². The summed E-state index contributed by atoms with van der Waals surface area (Å²) < 4.78 is 10.4. The molecule has 4 nitrogen and oxygen atoms in total. The van der Waals surface area contributed by atoms with Crippen molar-refractivity contribution in [2.45, 2.75) is 31.4 Å². The summed E-state index contributed by atoms with van der Waals surface area (Å²) in [5, 5.41) is 0. The number of esters is 1. The first-order chi connectivity index (χ1) is 6.74. The lowest BCUT2D eigenvalue weighted by molar-refractivity contribution is -0.150. The van der Waals surface area contributed by atoms with Crippen LogP contribution in [0.4, 0.5) is 0 Å². The molecule has 0 radical (unpaired) electrons. The monoisotopic (exact) mass is 219 g/mol. The standard InChI is InChI=1S/C9H17NO3S/c10-8(6-14)9(11)13-5-7-3-1-2-4-12-7/h7-8,14H,1-6,10H2/t7?,8-/m1/s1. The van der Waals surface area contributed by atoms with Crippen LogP contribution in [-0.4, -0.2) is 37.1 Å². The molecule has 1 aliphatic rings. The quantitative estimate of drug-likeness (QED) is 0.529. The Morgan fingerprint density at radius 3 is 3.00 bits per heavy atom. The first-order valence-electron chi connectivity index (χ1n) is 4.88. The number of hydrogen-bond acceptors (Lipinski definition) is 5. The summed E-state index contributed by atoms with van der Waals surface area (Å²) in [6.45, 7) is 1.08. The SMILES string of the molecule is N[C@H](CS)C(=O)OCC1CCCCO1. The summed E-state index contributed by atoms with van der Waals surface area (Å²) in [6, 6.07) is -0.623. The summed E-state index contributed by atoms with van der Waals surface area (Å²) in [5.74, 6) is -0.0844. The minimum Gasteiger partial charge on any atom is -0.462 e. The van der Waals surface area contributed by atoms with Gasteiger partial charge in [-0.25, -0.2) is 0 Å². The van der Waals surface area contributed by atoms with Gasteiger partial charge >= 0.3 is 5.97 Å². The van der Waals surface area contributed by atoms with Gasteiger partial charge in [0, 0.05) is 12.4 Å². The zero-order valence-corrected chi connectivity index (χ0v) is 9.04. The molecule has 1 rings (SSSR count). The molecule has 0 bridgehead atoms. The molecule has 1 unspecified atom stereocenters. The molecule has 82 valence electrons. The molecule has 1 saturated heterocycles. The van der Waals surface area contributed by atoms with Crippen molar-refractivity contribution in [3.8, 4) is 0 Å². The number of hydrogen-bond donors (Lipinski definition) is 2. The van der Waals surface area contributed by atoms with E-state index in [4.69, 9.17) is 15.2 Å². The number of rotatable bonds is 4. The van der Waals surface area contributed by atoms with Crippen molar-refractivity contribution in [1.82, 2.24) is 0 Å². The molecule has 0 aromatic carbocycles. The third-order valence-corrected chi connectivity index (χ3v) is 2.58. The molecule has 0 aliphatic carbocycles. The van der Waals surface area contributed by atoms with Gasteiger partial charge in [-0.15, -0.1) is 0 Å². The van der Waals surface area contributed by atoms with E-state index in [1.807, 2.05) is 0 Å². The van der Waals surface area contributed by atoms with Crippen LogP contribution in [0.15, 0.2) is 0 Å². The van der Waals surface area contributed by atoms with Crippen LogP contribution < -0.4 is 5.73 Å². The smallest absolute Gasteiger partial charge is 0.323 e. The highest BCUT2D eigenvalue weighted by Crippen LogP contribution is 2.12. The predicted octanol–water partition coefficient (Wildman–Crippen LogP) is 0.356. The summed E-state index contributed by atoms with van der Waals surface area (Å²) in [6.07, 6.45) is 3.25. The second-order valence-electron chi connectivity index (χ2n) is 3.41. The van der Waals surface area contributed by atoms with E-state index in [2.05, 4.69) is 12.6 Å². The zero-order valence-electron chi connectivity index (χ0n) is 8.15. The fourth-order valence-corrected chi connectivity index (χ4v) is 1.44. The Morgan fingerprint density at radius 1 is 1.64 bits per heavy atom. The molecule has 0 saturated carbocycles. The maximum Gasteiger partial charge on any atom is 0.323 e. The van der Waals surface area contributed by atoms with E-state index >= 15 is 0 Å². The highest BCUT2D eigenvalue weighted by Gasteiger charge is 2.18. The van der Waals surface area contributed by atoms with Gasteiger partial charge in [0.05, 0.1) is 6.10 Å². The molecule has 0 aromatic heterocycles. The van der Waals surface area contributed by atoms with Gasteiger partial charge in [-0.3, -0.25) is 4.79 Å². The first kappa shape index (κ1) is 11.8. The van der Waals surface area contributed by atoms with Crippen LogP contribution in [0.5, 0.6) is 0 Å². The highest BCUT2D eigenvalue weighted by molar-refractivity contribution is 7.80. The maximum absolute atomic E-state index is 11.2. The van der Waals surface area contributed by atoms with Crippen LogP contribution in [-0.2, 0) is 14.3 Å². The van der Waals surface area contributed by atoms with Crippen molar-refractivity contribution >= 4 is 18.6 Å². The Morgan fingerprint density at radius 2 is 2.43 bits per heavy atom. The van der Waals surface area contributed by atoms with E-state index in [0.717, 1.165) is 25.9 Å². The molecular weight excluding hydrogens is 202 g/mol. The van der Waals surface area contributed by atoms with Gasteiger partial charge < -0.3 is 15.2 Å². The van der Waals surface area contributed by atoms with Gasteiger partial charge in [0.25, 0.3) is 0 Å². The van der Waals surface area contributed by atoms with Crippen molar-refractivity contribution in [3.63, 3.8) is 0 Å². The summed E-state index contributed by atoms with van der Waals surface area (Å²) >= 11 is 3.92. The number of nitrogens with two attached hydrogens (primary N) is 1. The minimum absolute atomic E-state index is 0.0554. The molecule has 1 heterocycles. The second kappa shape index (κ2) is 6.27. The average Bonchev–Trinajstić information content (AvgIpc) is 2.26. The summed E-state index contributed by atoms with van der Waals surface area (Å²) in [7, 11) is 0. The fourth-order valence-electron chi connectivity index (χ4n) is 1.30. The van der Waals surface area contributed by atoms with E-state index in [1.54, 1.807) is 0 Å². The van der Waals surface area contributed by atoms with Crippen molar-refractivity contribution in [2.24, 2.45) is 5.73 Å². The van der Waals surface area contributed by atoms with Gasteiger partial charge in [-0.2, -0.15) is 12.6 Å². The Balaban J connectivity index is 2.15. The van der Waals surface area contributed by atoms with Crippen molar-refractivity contribution in [2.75, 3.05) is 19.0 Å². The molecule has 0 aromatic rings. The van der Waals surface area contributed by atoms with Gasteiger partial charge in [0.15, 0.2) is 0 Å². The Kier molecular flexibility index (Phi) is 5.29. The van der Waals surface area contributed by atoms with E-state index in [-0.39, 0.29) is 6.10 Å².